The Morgan fingerprint density at radius 2 is 1.50 bits per heavy atom. The molecule has 7 nitrogen and oxygen atoms in total. The molecule has 0 radical (unpaired) electrons. The van der Waals surface area contributed by atoms with E-state index in [2.05, 4.69) is 4.98 Å². The van der Waals surface area contributed by atoms with Gasteiger partial charge in [-0.05, 0) is 47.5 Å². The van der Waals surface area contributed by atoms with Gasteiger partial charge in [0.15, 0.2) is 0 Å². The van der Waals surface area contributed by atoms with Crippen molar-refractivity contribution in [3.05, 3.63) is 32.6 Å². The molecule has 0 aliphatic carbocycles. The number of nitrogens with one attached hydrogen (secondary N) is 1. The van der Waals surface area contributed by atoms with Crippen LogP contribution in [0.2, 0.25) is 0 Å². The molecule has 0 unspecified atom stereocenters. The lowest BCUT2D eigenvalue weighted by Crippen LogP contribution is -2.30. The summed E-state index contributed by atoms with van der Waals surface area (Å²) in [4.78, 5) is 25.3. The second-order valence-corrected chi connectivity index (χ2v) is 10.2. The first-order chi connectivity index (χ1) is 13.9. The third-order valence-electron chi connectivity index (χ3n) is 4.42. The summed E-state index contributed by atoms with van der Waals surface area (Å²) in [6.07, 6.45) is 3.73. The number of nitrogens with zero attached hydrogens (tertiary/aromatic N) is 1. The minimum atomic E-state index is -4.54. The van der Waals surface area contributed by atoms with E-state index in [-0.39, 0.29) is 12.0 Å². The van der Waals surface area contributed by atoms with Crippen LogP contribution in [0.3, 0.4) is 0 Å². The van der Waals surface area contributed by atoms with Crippen molar-refractivity contribution >= 4 is 7.60 Å². The van der Waals surface area contributed by atoms with Crippen molar-refractivity contribution in [3.8, 4) is 0 Å². The van der Waals surface area contributed by atoms with E-state index >= 15 is 0 Å². The Bertz CT molecular complexity index is 806. The smallest absolute Gasteiger partial charge is 0.302 e. The number of aromatic nitrogens is 2. The fourth-order valence-corrected chi connectivity index (χ4v) is 4.88. The topological polar surface area (TPSA) is 90.4 Å². The van der Waals surface area contributed by atoms with Crippen molar-refractivity contribution in [3.63, 3.8) is 0 Å². The highest BCUT2D eigenvalue weighted by molar-refractivity contribution is 7.55. The predicted molar refractivity (Wildman–Crippen MR) is 113 cm³/mol. The molecule has 0 spiro atoms. The highest BCUT2D eigenvalue weighted by Crippen LogP contribution is 2.65. The SMILES string of the molecule is Cc1cn(CCCCCCCCC(F)(F)P(=O)(OC(C)C)OC(C)C)c(=O)[nH]c1=O. The molecule has 10 heteroatoms. The van der Waals surface area contributed by atoms with E-state index in [9.17, 15) is 22.9 Å². The number of unbranched alkanes of at least 4 members (excludes halogenated alkanes) is 5. The largest absolute Gasteiger partial charge is 0.400 e. The van der Waals surface area contributed by atoms with Gasteiger partial charge in [0.25, 0.3) is 5.56 Å². The summed E-state index contributed by atoms with van der Waals surface area (Å²) in [5, 5.41) is 0. The van der Waals surface area contributed by atoms with E-state index in [0.29, 0.717) is 18.5 Å². The normalized spacial score (nSPS) is 12.8. The predicted octanol–water partition coefficient (Wildman–Crippen LogP) is 5.21. The monoisotopic (exact) mass is 452 g/mol. The standard InChI is InChI=1S/C20H35F2N2O5P/c1-15(2)28-30(27,29-16(3)4)20(21,22)12-10-8-6-7-9-11-13-24-14-17(5)18(25)23-19(24)26/h14-16H,6-13H2,1-5H3,(H,23,25,26). The number of H-pyrrole nitrogens is 1. The first-order valence-electron chi connectivity index (χ1n) is 10.5. The molecule has 0 atom stereocenters. The van der Waals surface area contributed by atoms with E-state index in [1.807, 2.05) is 0 Å². The summed E-state index contributed by atoms with van der Waals surface area (Å²) in [6, 6.07) is 0. The van der Waals surface area contributed by atoms with Crippen LogP contribution in [0.25, 0.3) is 0 Å². The molecule has 1 rings (SSSR count). The van der Waals surface area contributed by atoms with Crippen molar-refractivity contribution in [1.29, 1.82) is 0 Å². The zero-order valence-electron chi connectivity index (χ0n) is 18.6. The van der Waals surface area contributed by atoms with Crippen LogP contribution in [0.15, 0.2) is 15.8 Å². The van der Waals surface area contributed by atoms with Gasteiger partial charge in [-0.25, -0.2) is 4.79 Å². The molecule has 0 aliphatic rings. The lowest BCUT2D eigenvalue weighted by Gasteiger charge is -2.29. The molecule has 0 saturated carbocycles. The Morgan fingerprint density at radius 3 is 2.03 bits per heavy atom. The third-order valence-corrected chi connectivity index (χ3v) is 6.84. The lowest BCUT2D eigenvalue weighted by molar-refractivity contribution is 0.0122. The molecule has 30 heavy (non-hydrogen) atoms. The van der Waals surface area contributed by atoms with E-state index in [1.54, 1.807) is 40.8 Å². The van der Waals surface area contributed by atoms with Crippen LogP contribution >= 0.6 is 7.60 Å². The van der Waals surface area contributed by atoms with E-state index < -0.39 is 37.6 Å². The van der Waals surface area contributed by atoms with Crippen molar-refractivity contribution in [1.82, 2.24) is 9.55 Å². The van der Waals surface area contributed by atoms with Gasteiger partial charge in [-0.1, -0.05) is 25.7 Å². The van der Waals surface area contributed by atoms with Gasteiger partial charge in [0.1, 0.15) is 0 Å². The number of hydrogen-bond donors (Lipinski definition) is 1. The van der Waals surface area contributed by atoms with Gasteiger partial charge in [0.2, 0.25) is 0 Å². The van der Waals surface area contributed by atoms with Crippen molar-refractivity contribution in [2.24, 2.45) is 0 Å². The van der Waals surface area contributed by atoms with Gasteiger partial charge in [-0.3, -0.25) is 14.3 Å². The van der Waals surface area contributed by atoms with Crippen molar-refractivity contribution in [2.45, 2.75) is 104 Å². The quantitative estimate of drug-likeness (QED) is 0.309. The minimum Gasteiger partial charge on any atom is -0.302 e. The van der Waals surface area contributed by atoms with Crippen LogP contribution in [0, 0.1) is 6.92 Å². The Kier molecular flexibility index (Phi) is 10.6. The Morgan fingerprint density at radius 1 is 1.00 bits per heavy atom. The van der Waals surface area contributed by atoms with Crippen molar-refractivity contribution < 1.29 is 22.4 Å². The molecule has 0 fully saturated rings. The van der Waals surface area contributed by atoms with Crippen LogP contribution in [0.4, 0.5) is 8.78 Å². The van der Waals surface area contributed by atoms with Crippen LogP contribution < -0.4 is 11.2 Å². The highest BCUT2D eigenvalue weighted by Gasteiger charge is 2.53. The summed E-state index contributed by atoms with van der Waals surface area (Å²) in [7, 11) is -4.54. The molecule has 1 heterocycles. The van der Waals surface area contributed by atoms with Crippen LogP contribution in [0.1, 0.15) is 78.2 Å². The molecule has 0 aliphatic heterocycles. The van der Waals surface area contributed by atoms with Crippen molar-refractivity contribution in [2.75, 3.05) is 0 Å². The van der Waals surface area contributed by atoms with Crippen LogP contribution in [-0.4, -0.2) is 27.4 Å². The average Bonchev–Trinajstić information content (AvgIpc) is 2.59. The van der Waals surface area contributed by atoms with Gasteiger partial charge in [-0.2, -0.15) is 8.78 Å². The molecular formula is C20H35F2N2O5P. The van der Waals surface area contributed by atoms with Gasteiger partial charge < -0.3 is 13.6 Å². The number of aryl methyl sites for hydroxylation is 2. The highest BCUT2D eigenvalue weighted by atomic mass is 31.2. The Balaban J connectivity index is 2.37. The fourth-order valence-electron chi connectivity index (χ4n) is 2.98. The van der Waals surface area contributed by atoms with E-state index in [1.165, 1.54) is 4.57 Å². The summed E-state index contributed by atoms with van der Waals surface area (Å²) in [5.41, 5.74) is -3.85. The van der Waals surface area contributed by atoms with Gasteiger partial charge in [0.05, 0.1) is 12.2 Å². The third kappa shape index (κ3) is 8.44. The first kappa shape index (κ1) is 26.7. The van der Waals surface area contributed by atoms with Crippen LogP contribution in [-0.2, 0) is 20.2 Å². The second-order valence-electron chi connectivity index (χ2n) is 8.11. The number of aromatic amines is 1. The summed E-state index contributed by atoms with van der Waals surface area (Å²) in [5.74, 6) is 0. The summed E-state index contributed by atoms with van der Waals surface area (Å²) < 4.78 is 53.2. The van der Waals surface area contributed by atoms with Gasteiger partial charge in [0, 0.05) is 24.7 Å². The minimum absolute atomic E-state index is 0.221. The summed E-state index contributed by atoms with van der Waals surface area (Å²) in [6.45, 7) is 8.34. The summed E-state index contributed by atoms with van der Waals surface area (Å²) >= 11 is 0. The maximum atomic E-state index is 14.5. The zero-order chi connectivity index (χ0) is 22.9. The average molecular weight is 452 g/mol. The van der Waals surface area contributed by atoms with E-state index in [4.69, 9.17) is 9.05 Å². The lowest BCUT2D eigenvalue weighted by atomic mass is 10.1. The Labute approximate surface area is 176 Å². The number of halogens is 2. The second kappa shape index (κ2) is 11.9. The first-order valence-corrected chi connectivity index (χ1v) is 12.1. The zero-order valence-corrected chi connectivity index (χ0v) is 19.5. The Hall–Kier alpha value is -1.31. The molecule has 1 aromatic rings. The molecule has 1 aromatic heterocycles. The number of hydrogen-bond acceptors (Lipinski definition) is 5. The fraction of sp³-hybridized carbons (Fsp3) is 0.800. The van der Waals surface area contributed by atoms with E-state index in [0.717, 1.165) is 25.7 Å². The molecule has 174 valence electrons. The maximum absolute atomic E-state index is 14.5. The number of rotatable bonds is 14. The molecule has 0 amide bonds. The molecular weight excluding hydrogens is 417 g/mol. The molecule has 0 aromatic carbocycles. The molecule has 0 saturated heterocycles. The number of alkyl halides is 2. The van der Waals surface area contributed by atoms with Gasteiger partial charge >= 0.3 is 18.9 Å². The molecule has 1 N–H and O–H groups in total. The van der Waals surface area contributed by atoms with Crippen LogP contribution in [0.5, 0.6) is 0 Å². The maximum Gasteiger partial charge on any atom is 0.400 e. The van der Waals surface area contributed by atoms with Gasteiger partial charge in [-0.15, -0.1) is 0 Å². The molecule has 0 bridgehead atoms.